The smallest absolute Gasteiger partial charge is 0.258 e. The third kappa shape index (κ3) is 3.89. The summed E-state index contributed by atoms with van der Waals surface area (Å²) in [5.74, 6) is 4.42. The number of hydrogen-bond donors (Lipinski definition) is 0. The quantitative estimate of drug-likeness (QED) is 0.345. The Morgan fingerprint density at radius 2 is 1.70 bits per heavy atom. The van der Waals surface area contributed by atoms with Crippen LogP contribution in [0.5, 0.6) is 0 Å². The van der Waals surface area contributed by atoms with Crippen molar-refractivity contribution in [2.45, 2.75) is 13.8 Å². The standard InChI is InChI=1S/C13H7FN2O2.C2H6/c14-13-11(5-3-9-15-13)8-7-10-4-1-2-6-12(10)16(17)18;1-2/h1-6,9H;1-2H3. The van der Waals surface area contributed by atoms with Gasteiger partial charge < -0.3 is 0 Å². The molecule has 1 heterocycles. The molecule has 0 radical (unpaired) electrons. The van der Waals surface area contributed by atoms with E-state index in [0.29, 0.717) is 0 Å². The van der Waals surface area contributed by atoms with Crippen LogP contribution in [-0.4, -0.2) is 9.91 Å². The minimum atomic E-state index is -0.691. The number of pyridine rings is 1. The van der Waals surface area contributed by atoms with Crippen LogP contribution in [0.15, 0.2) is 42.6 Å². The molecule has 0 atom stereocenters. The van der Waals surface area contributed by atoms with E-state index in [1.165, 1.54) is 24.4 Å². The highest BCUT2D eigenvalue weighted by molar-refractivity contribution is 5.53. The molecule has 1 aromatic carbocycles. The van der Waals surface area contributed by atoms with Gasteiger partial charge >= 0.3 is 0 Å². The van der Waals surface area contributed by atoms with Crippen molar-refractivity contribution in [3.05, 3.63) is 69.8 Å². The van der Waals surface area contributed by atoms with E-state index in [2.05, 4.69) is 16.8 Å². The van der Waals surface area contributed by atoms with Crippen LogP contribution in [0.4, 0.5) is 10.1 Å². The predicted octanol–water partition coefficient (Wildman–Crippen LogP) is 3.55. The van der Waals surface area contributed by atoms with Crippen molar-refractivity contribution in [2.75, 3.05) is 0 Å². The first-order chi connectivity index (χ1) is 9.68. The van der Waals surface area contributed by atoms with Gasteiger partial charge in [0, 0.05) is 12.3 Å². The lowest BCUT2D eigenvalue weighted by Gasteiger charge is -1.94. The van der Waals surface area contributed by atoms with E-state index < -0.39 is 10.9 Å². The first kappa shape index (κ1) is 15.3. The van der Waals surface area contributed by atoms with Crippen molar-refractivity contribution in [3.63, 3.8) is 0 Å². The summed E-state index contributed by atoms with van der Waals surface area (Å²) >= 11 is 0. The van der Waals surface area contributed by atoms with Gasteiger partial charge in [0.1, 0.15) is 5.56 Å². The third-order valence-corrected chi connectivity index (χ3v) is 2.19. The normalized spacial score (nSPS) is 8.75. The molecule has 0 saturated carbocycles. The Morgan fingerprint density at radius 3 is 2.35 bits per heavy atom. The Balaban J connectivity index is 0.000000956. The van der Waals surface area contributed by atoms with E-state index in [0.717, 1.165) is 0 Å². The molecule has 4 nitrogen and oxygen atoms in total. The van der Waals surface area contributed by atoms with Gasteiger partial charge in [0.2, 0.25) is 5.95 Å². The van der Waals surface area contributed by atoms with Gasteiger partial charge in [-0.15, -0.1) is 0 Å². The van der Waals surface area contributed by atoms with Gasteiger partial charge in [-0.1, -0.05) is 37.8 Å². The Morgan fingerprint density at radius 1 is 1.10 bits per heavy atom. The fourth-order valence-electron chi connectivity index (χ4n) is 1.35. The minimum absolute atomic E-state index is 0.103. The lowest BCUT2D eigenvalue weighted by atomic mass is 10.1. The van der Waals surface area contributed by atoms with Crippen LogP contribution in [0.1, 0.15) is 25.0 Å². The number of para-hydroxylation sites is 1. The number of halogens is 1. The van der Waals surface area contributed by atoms with E-state index in [1.807, 2.05) is 13.8 Å². The SMILES string of the molecule is CC.O=[N+]([O-])c1ccccc1C#Cc1cccnc1F. The highest BCUT2D eigenvalue weighted by Gasteiger charge is 2.09. The Labute approximate surface area is 116 Å². The predicted molar refractivity (Wildman–Crippen MR) is 74.6 cm³/mol. The summed E-state index contributed by atoms with van der Waals surface area (Å²) in [7, 11) is 0. The summed E-state index contributed by atoms with van der Waals surface area (Å²) in [6.45, 7) is 4.00. The van der Waals surface area contributed by atoms with Crippen LogP contribution in [0.3, 0.4) is 0 Å². The van der Waals surface area contributed by atoms with E-state index in [9.17, 15) is 14.5 Å². The zero-order valence-corrected chi connectivity index (χ0v) is 11.1. The average Bonchev–Trinajstić information content (AvgIpc) is 2.49. The highest BCUT2D eigenvalue weighted by atomic mass is 19.1. The van der Waals surface area contributed by atoms with Gasteiger partial charge in [-0.25, -0.2) is 4.98 Å². The fraction of sp³-hybridized carbons (Fsp3) is 0.133. The maximum atomic E-state index is 13.2. The number of aromatic nitrogens is 1. The summed E-state index contributed by atoms with van der Waals surface area (Å²) in [6.07, 6.45) is 1.31. The summed E-state index contributed by atoms with van der Waals surface area (Å²) in [4.78, 5) is 13.7. The van der Waals surface area contributed by atoms with E-state index in [-0.39, 0.29) is 16.8 Å². The molecule has 0 aliphatic heterocycles. The molecule has 0 amide bonds. The Bertz CT molecular complexity index is 660. The molecule has 0 aliphatic rings. The molecule has 5 heteroatoms. The van der Waals surface area contributed by atoms with Gasteiger partial charge in [-0.2, -0.15) is 4.39 Å². The number of nitro groups is 1. The van der Waals surface area contributed by atoms with Gasteiger partial charge in [0.15, 0.2) is 0 Å². The van der Waals surface area contributed by atoms with Crippen LogP contribution < -0.4 is 0 Å². The van der Waals surface area contributed by atoms with Crippen molar-refractivity contribution in [2.24, 2.45) is 0 Å². The van der Waals surface area contributed by atoms with Crippen molar-refractivity contribution >= 4 is 5.69 Å². The molecule has 20 heavy (non-hydrogen) atoms. The molecule has 1 aromatic heterocycles. The number of rotatable bonds is 1. The molecule has 0 spiro atoms. The second-order valence-corrected chi connectivity index (χ2v) is 3.37. The largest absolute Gasteiger partial charge is 0.284 e. The van der Waals surface area contributed by atoms with Crippen LogP contribution >= 0.6 is 0 Å². The first-order valence-electron chi connectivity index (χ1n) is 6.04. The van der Waals surface area contributed by atoms with E-state index in [1.54, 1.807) is 18.2 Å². The molecule has 102 valence electrons. The molecule has 0 saturated heterocycles. The summed E-state index contributed by atoms with van der Waals surface area (Å²) in [5, 5.41) is 10.8. The van der Waals surface area contributed by atoms with Gasteiger partial charge in [-0.3, -0.25) is 10.1 Å². The molecule has 2 rings (SSSR count). The average molecular weight is 272 g/mol. The Hall–Kier alpha value is -2.74. The lowest BCUT2D eigenvalue weighted by molar-refractivity contribution is -0.385. The van der Waals surface area contributed by atoms with Crippen molar-refractivity contribution < 1.29 is 9.31 Å². The van der Waals surface area contributed by atoms with Crippen molar-refractivity contribution in [3.8, 4) is 11.8 Å². The molecular weight excluding hydrogens is 259 g/mol. The molecule has 0 N–H and O–H groups in total. The summed E-state index contributed by atoms with van der Waals surface area (Å²) in [5.41, 5.74) is 0.246. The number of hydrogen-bond acceptors (Lipinski definition) is 3. The van der Waals surface area contributed by atoms with Crippen molar-refractivity contribution in [1.82, 2.24) is 4.98 Å². The molecule has 0 aliphatic carbocycles. The van der Waals surface area contributed by atoms with E-state index in [4.69, 9.17) is 0 Å². The highest BCUT2D eigenvalue weighted by Crippen LogP contribution is 2.16. The lowest BCUT2D eigenvalue weighted by Crippen LogP contribution is -1.92. The minimum Gasteiger partial charge on any atom is -0.258 e. The topological polar surface area (TPSA) is 56.0 Å². The van der Waals surface area contributed by atoms with Gasteiger partial charge in [0.05, 0.1) is 10.5 Å². The molecule has 0 unspecified atom stereocenters. The van der Waals surface area contributed by atoms with E-state index >= 15 is 0 Å². The zero-order valence-electron chi connectivity index (χ0n) is 11.1. The zero-order chi connectivity index (χ0) is 15.0. The molecule has 0 bridgehead atoms. The van der Waals surface area contributed by atoms with Crippen LogP contribution in [0, 0.1) is 27.9 Å². The Kier molecular flexibility index (Phi) is 5.85. The van der Waals surface area contributed by atoms with Gasteiger partial charge in [-0.05, 0) is 18.2 Å². The number of nitrogens with zero attached hydrogens (tertiary/aromatic N) is 2. The van der Waals surface area contributed by atoms with Crippen LogP contribution in [-0.2, 0) is 0 Å². The molecular formula is C15H13FN2O2. The van der Waals surface area contributed by atoms with Gasteiger partial charge in [0.25, 0.3) is 5.69 Å². The fourth-order valence-corrected chi connectivity index (χ4v) is 1.35. The maximum Gasteiger partial charge on any atom is 0.284 e. The van der Waals surface area contributed by atoms with Crippen LogP contribution in [0.2, 0.25) is 0 Å². The number of benzene rings is 1. The summed E-state index contributed by atoms with van der Waals surface area (Å²) < 4.78 is 13.2. The summed E-state index contributed by atoms with van der Waals surface area (Å²) in [6, 6.07) is 9.06. The second kappa shape index (κ2) is 7.64. The first-order valence-corrected chi connectivity index (χ1v) is 6.04. The van der Waals surface area contributed by atoms with Crippen molar-refractivity contribution in [1.29, 1.82) is 0 Å². The second-order valence-electron chi connectivity index (χ2n) is 3.37. The monoisotopic (exact) mass is 272 g/mol. The third-order valence-electron chi connectivity index (χ3n) is 2.19. The van der Waals surface area contributed by atoms with Crippen LogP contribution in [0.25, 0.3) is 0 Å². The maximum absolute atomic E-state index is 13.2. The molecule has 2 aromatic rings. The number of nitro benzene ring substituents is 1. The molecule has 0 fully saturated rings.